The minimum absolute atomic E-state index is 0.0637. The van der Waals surface area contributed by atoms with Crippen molar-refractivity contribution in [1.82, 2.24) is 5.32 Å². The Hall–Kier alpha value is -3.12. The molecule has 0 fully saturated rings. The summed E-state index contributed by atoms with van der Waals surface area (Å²) in [4.78, 5) is 27.7. The highest BCUT2D eigenvalue weighted by atomic mass is 32.1. The first kappa shape index (κ1) is 20.6. The van der Waals surface area contributed by atoms with E-state index in [1.807, 2.05) is 72.1 Å². The average molecular weight is 409 g/mol. The van der Waals surface area contributed by atoms with Crippen molar-refractivity contribution in [2.24, 2.45) is 0 Å². The molecule has 5 nitrogen and oxygen atoms in total. The van der Waals surface area contributed by atoms with Crippen LogP contribution in [0, 0.1) is 0 Å². The van der Waals surface area contributed by atoms with Gasteiger partial charge in [-0.05, 0) is 41.3 Å². The summed E-state index contributed by atoms with van der Waals surface area (Å²) in [6, 6.07) is 20.8. The summed E-state index contributed by atoms with van der Waals surface area (Å²) in [5.41, 5.74) is 1.82. The first-order valence-corrected chi connectivity index (χ1v) is 10.2. The molecule has 6 heteroatoms. The molecule has 2 aromatic carbocycles. The van der Waals surface area contributed by atoms with Crippen LogP contribution < -0.4 is 15.0 Å². The maximum Gasteiger partial charge on any atom is 0.229 e. The number of carbonyl (C=O) groups excluding carboxylic acids is 2. The Morgan fingerprint density at radius 2 is 1.76 bits per heavy atom. The smallest absolute Gasteiger partial charge is 0.229 e. The van der Waals surface area contributed by atoms with Crippen LogP contribution in [0.3, 0.4) is 0 Å². The minimum atomic E-state index is -0.350. The predicted octanol–water partition coefficient (Wildman–Crippen LogP) is 4.56. The van der Waals surface area contributed by atoms with E-state index in [0.717, 1.165) is 21.9 Å². The molecule has 29 heavy (non-hydrogen) atoms. The van der Waals surface area contributed by atoms with E-state index in [4.69, 9.17) is 4.74 Å². The van der Waals surface area contributed by atoms with Crippen molar-refractivity contribution in [3.8, 4) is 5.75 Å². The van der Waals surface area contributed by atoms with Gasteiger partial charge >= 0.3 is 0 Å². The van der Waals surface area contributed by atoms with Crippen molar-refractivity contribution in [2.45, 2.75) is 25.9 Å². The Morgan fingerprint density at radius 1 is 1.03 bits per heavy atom. The Labute approximate surface area is 174 Å². The minimum Gasteiger partial charge on any atom is -0.497 e. The van der Waals surface area contributed by atoms with E-state index in [-0.39, 0.29) is 24.3 Å². The number of ether oxygens (including phenoxy) is 1. The van der Waals surface area contributed by atoms with Gasteiger partial charge < -0.3 is 15.0 Å². The molecule has 1 atom stereocenters. The van der Waals surface area contributed by atoms with Gasteiger partial charge in [0, 0.05) is 17.5 Å². The molecule has 3 aromatic rings. The third kappa shape index (κ3) is 5.68. The van der Waals surface area contributed by atoms with Crippen LogP contribution in [0.5, 0.6) is 5.75 Å². The van der Waals surface area contributed by atoms with Gasteiger partial charge in [0.25, 0.3) is 0 Å². The number of amides is 2. The lowest BCUT2D eigenvalue weighted by molar-refractivity contribution is -0.121. The van der Waals surface area contributed by atoms with E-state index in [2.05, 4.69) is 5.32 Å². The molecule has 0 saturated carbocycles. The fraction of sp³-hybridized carbons (Fsp3) is 0.217. The number of rotatable bonds is 8. The van der Waals surface area contributed by atoms with Crippen LogP contribution in [0.25, 0.3) is 0 Å². The highest BCUT2D eigenvalue weighted by molar-refractivity contribution is 7.10. The van der Waals surface area contributed by atoms with Crippen LogP contribution in [0.4, 0.5) is 5.69 Å². The molecule has 3 rings (SSSR count). The van der Waals surface area contributed by atoms with E-state index in [0.29, 0.717) is 6.54 Å². The zero-order chi connectivity index (χ0) is 20.6. The Bertz CT molecular complexity index is 925. The van der Waals surface area contributed by atoms with Crippen LogP contribution in [-0.4, -0.2) is 18.9 Å². The first-order valence-electron chi connectivity index (χ1n) is 9.35. The largest absolute Gasteiger partial charge is 0.497 e. The molecule has 0 spiro atoms. The van der Waals surface area contributed by atoms with Crippen molar-refractivity contribution in [1.29, 1.82) is 0 Å². The summed E-state index contributed by atoms with van der Waals surface area (Å²) in [5, 5.41) is 4.85. The normalized spacial score (nSPS) is 11.5. The zero-order valence-electron chi connectivity index (χ0n) is 16.5. The average Bonchev–Trinajstić information content (AvgIpc) is 3.27. The summed E-state index contributed by atoms with van der Waals surface area (Å²) in [7, 11) is 1.61. The van der Waals surface area contributed by atoms with Gasteiger partial charge in [0.1, 0.15) is 5.75 Å². The van der Waals surface area contributed by atoms with Crippen molar-refractivity contribution in [3.63, 3.8) is 0 Å². The molecule has 0 saturated heterocycles. The molecule has 2 amide bonds. The number of anilines is 1. The maximum absolute atomic E-state index is 13.3. The van der Waals surface area contributed by atoms with Crippen LogP contribution >= 0.6 is 11.3 Å². The van der Waals surface area contributed by atoms with Crippen LogP contribution in [0.1, 0.15) is 29.8 Å². The highest BCUT2D eigenvalue weighted by Gasteiger charge is 2.23. The second kappa shape index (κ2) is 9.89. The van der Waals surface area contributed by atoms with Crippen molar-refractivity contribution >= 4 is 28.8 Å². The third-order valence-electron chi connectivity index (χ3n) is 4.51. The molecule has 0 aliphatic heterocycles. The molecule has 0 radical (unpaired) electrons. The maximum atomic E-state index is 13.3. The number of methoxy groups -OCH3 is 1. The highest BCUT2D eigenvalue weighted by Crippen LogP contribution is 2.27. The molecule has 1 aromatic heterocycles. The van der Waals surface area contributed by atoms with E-state index < -0.39 is 0 Å². The number of hydrogen-bond acceptors (Lipinski definition) is 4. The molecule has 0 aliphatic carbocycles. The Kier molecular flexibility index (Phi) is 7.03. The van der Waals surface area contributed by atoms with Gasteiger partial charge in [-0.3, -0.25) is 9.59 Å². The zero-order valence-corrected chi connectivity index (χ0v) is 17.3. The lowest BCUT2D eigenvalue weighted by atomic mass is 10.1. The number of benzene rings is 2. The summed E-state index contributed by atoms with van der Waals surface area (Å²) in [6.45, 7) is 1.92. The molecule has 0 aliphatic rings. The quantitative estimate of drug-likeness (QED) is 0.595. The van der Waals surface area contributed by atoms with Gasteiger partial charge in [0.2, 0.25) is 11.8 Å². The third-order valence-corrected chi connectivity index (χ3v) is 5.50. The molecular weight excluding hydrogens is 384 g/mol. The number of nitrogens with one attached hydrogen (secondary N) is 1. The molecular formula is C23H24N2O3S. The lowest BCUT2D eigenvalue weighted by Gasteiger charge is -2.26. The van der Waals surface area contributed by atoms with E-state index in [1.165, 1.54) is 18.3 Å². The molecule has 1 N–H and O–H groups in total. The fourth-order valence-electron chi connectivity index (χ4n) is 3.09. The van der Waals surface area contributed by atoms with E-state index >= 15 is 0 Å². The van der Waals surface area contributed by atoms with Gasteiger partial charge in [-0.2, -0.15) is 0 Å². The van der Waals surface area contributed by atoms with Crippen LogP contribution in [-0.2, 0) is 16.1 Å². The lowest BCUT2D eigenvalue weighted by Crippen LogP contribution is -2.35. The van der Waals surface area contributed by atoms with Crippen molar-refractivity contribution in [3.05, 3.63) is 82.6 Å². The monoisotopic (exact) mass is 408 g/mol. The summed E-state index contributed by atoms with van der Waals surface area (Å²) >= 11 is 1.53. The van der Waals surface area contributed by atoms with E-state index in [1.54, 1.807) is 12.0 Å². The van der Waals surface area contributed by atoms with Gasteiger partial charge in [-0.15, -0.1) is 11.3 Å². The van der Waals surface area contributed by atoms with Gasteiger partial charge in [-0.1, -0.05) is 36.4 Å². The van der Waals surface area contributed by atoms with Gasteiger partial charge in [-0.25, -0.2) is 0 Å². The number of nitrogens with zero attached hydrogens (tertiary/aromatic N) is 1. The summed E-state index contributed by atoms with van der Waals surface area (Å²) in [6.07, 6.45) is 0.180. The standard InChI is InChI=1S/C23H24N2O3S/c1-17(26)24-21(22-9-6-14-29-22)15-23(27)25(16-18-7-4-3-5-8-18)19-10-12-20(28-2)13-11-19/h3-14,21H,15-16H2,1-2H3,(H,24,26). The molecule has 0 bridgehead atoms. The van der Waals surface area contributed by atoms with Gasteiger partial charge in [0.05, 0.1) is 26.1 Å². The number of thiophene rings is 1. The van der Waals surface area contributed by atoms with Crippen molar-refractivity contribution in [2.75, 3.05) is 12.0 Å². The SMILES string of the molecule is COc1ccc(N(Cc2ccccc2)C(=O)CC(NC(C)=O)c2cccs2)cc1. The number of hydrogen-bond donors (Lipinski definition) is 1. The fourth-order valence-corrected chi connectivity index (χ4v) is 3.87. The van der Waals surface area contributed by atoms with Gasteiger partial charge in [0.15, 0.2) is 0 Å². The molecule has 150 valence electrons. The van der Waals surface area contributed by atoms with Crippen LogP contribution in [0.15, 0.2) is 72.1 Å². The second-order valence-corrected chi connectivity index (χ2v) is 7.62. The Morgan fingerprint density at radius 3 is 2.34 bits per heavy atom. The summed E-state index contributed by atoms with van der Waals surface area (Å²) < 4.78 is 5.24. The molecule has 1 unspecified atom stereocenters. The van der Waals surface area contributed by atoms with Crippen LogP contribution in [0.2, 0.25) is 0 Å². The molecule has 1 heterocycles. The number of carbonyl (C=O) groups is 2. The second-order valence-electron chi connectivity index (χ2n) is 6.64. The predicted molar refractivity (Wildman–Crippen MR) is 116 cm³/mol. The summed E-state index contributed by atoms with van der Waals surface area (Å²) in [5.74, 6) is 0.511. The first-order chi connectivity index (χ1) is 14.1. The topological polar surface area (TPSA) is 58.6 Å². The van der Waals surface area contributed by atoms with E-state index in [9.17, 15) is 9.59 Å². The Balaban J connectivity index is 1.86. The van der Waals surface area contributed by atoms with Crippen molar-refractivity contribution < 1.29 is 14.3 Å².